The first kappa shape index (κ1) is 11.8. The van der Waals surface area contributed by atoms with Crippen molar-refractivity contribution in [2.24, 2.45) is 0 Å². The molecule has 0 amide bonds. The molecular weight excluding hydrogens is 276 g/mol. The van der Waals surface area contributed by atoms with Crippen molar-refractivity contribution < 1.29 is 5.11 Å². The smallest absolute Gasteiger partial charge is 0.165 e. The van der Waals surface area contributed by atoms with Crippen molar-refractivity contribution in [1.29, 1.82) is 0 Å². The molecule has 0 fully saturated rings. The Morgan fingerprint density at radius 2 is 2.05 bits per heavy atom. The van der Waals surface area contributed by atoms with Crippen molar-refractivity contribution in [3.05, 3.63) is 53.2 Å². The molecule has 0 spiro atoms. The third kappa shape index (κ3) is 1.57. The van der Waals surface area contributed by atoms with E-state index in [1.165, 1.54) is 6.33 Å². The summed E-state index contributed by atoms with van der Waals surface area (Å²) < 4.78 is 1.87. The SMILES string of the molecule is O[C@@H]1Cc2ccccc2[C@@H]1n1cnc2c(Cl)ncnc21. The van der Waals surface area contributed by atoms with Gasteiger partial charge in [-0.2, -0.15) is 0 Å². The molecule has 0 bridgehead atoms. The van der Waals surface area contributed by atoms with E-state index in [-0.39, 0.29) is 6.04 Å². The Balaban J connectivity index is 1.94. The second-order valence-corrected chi connectivity index (χ2v) is 5.26. The fourth-order valence-electron chi connectivity index (χ4n) is 2.91. The highest BCUT2D eigenvalue weighted by molar-refractivity contribution is 6.33. The van der Waals surface area contributed by atoms with E-state index >= 15 is 0 Å². The minimum atomic E-state index is -0.487. The molecule has 2 heterocycles. The molecule has 4 rings (SSSR count). The van der Waals surface area contributed by atoms with Crippen LogP contribution in [0, 0.1) is 0 Å². The molecule has 0 saturated heterocycles. The molecule has 2 atom stereocenters. The molecule has 3 aromatic rings. The van der Waals surface area contributed by atoms with Crippen LogP contribution in [0.5, 0.6) is 0 Å². The van der Waals surface area contributed by atoms with E-state index in [9.17, 15) is 5.11 Å². The number of fused-ring (bicyclic) bond motifs is 2. The van der Waals surface area contributed by atoms with Gasteiger partial charge in [0.2, 0.25) is 0 Å². The minimum absolute atomic E-state index is 0.179. The Morgan fingerprint density at radius 3 is 2.95 bits per heavy atom. The number of nitrogens with zero attached hydrogens (tertiary/aromatic N) is 4. The topological polar surface area (TPSA) is 63.8 Å². The first-order valence-electron chi connectivity index (χ1n) is 6.34. The van der Waals surface area contributed by atoms with E-state index in [4.69, 9.17) is 11.6 Å². The molecule has 1 aromatic carbocycles. The summed E-state index contributed by atoms with van der Waals surface area (Å²) in [7, 11) is 0. The maximum atomic E-state index is 10.4. The molecule has 1 N–H and O–H groups in total. The maximum absolute atomic E-state index is 10.4. The first-order chi connectivity index (χ1) is 9.75. The number of aliphatic hydroxyl groups is 1. The predicted molar refractivity (Wildman–Crippen MR) is 74.6 cm³/mol. The molecule has 0 saturated carbocycles. The van der Waals surface area contributed by atoms with Crippen LogP contribution in [0.25, 0.3) is 11.2 Å². The van der Waals surface area contributed by atoms with Gasteiger partial charge in [-0.1, -0.05) is 35.9 Å². The highest BCUT2D eigenvalue weighted by atomic mass is 35.5. The van der Waals surface area contributed by atoms with E-state index in [0.717, 1.165) is 11.1 Å². The van der Waals surface area contributed by atoms with Crippen LogP contribution in [-0.4, -0.2) is 30.7 Å². The van der Waals surface area contributed by atoms with Gasteiger partial charge >= 0.3 is 0 Å². The summed E-state index contributed by atoms with van der Waals surface area (Å²) in [6.45, 7) is 0. The molecule has 1 aliphatic carbocycles. The number of benzene rings is 1. The fraction of sp³-hybridized carbons (Fsp3) is 0.214. The van der Waals surface area contributed by atoms with Gasteiger partial charge in [-0.25, -0.2) is 15.0 Å². The zero-order valence-electron chi connectivity index (χ0n) is 10.4. The molecular formula is C14H11ClN4O. The van der Waals surface area contributed by atoms with Gasteiger partial charge in [0.1, 0.15) is 11.8 Å². The summed E-state index contributed by atoms with van der Waals surface area (Å²) in [5.74, 6) is 0. The number of imidazole rings is 1. The van der Waals surface area contributed by atoms with E-state index in [2.05, 4.69) is 15.0 Å². The first-order valence-corrected chi connectivity index (χ1v) is 6.72. The molecule has 6 heteroatoms. The highest BCUT2D eigenvalue weighted by Gasteiger charge is 2.33. The summed E-state index contributed by atoms with van der Waals surface area (Å²) in [5, 5.41) is 10.7. The van der Waals surface area contributed by atoms with Gasteiger partial charge in [0, 0.05) is 6.42 Å². The summed E-state index contributed by atoms with van der Waals surface area (Å²) in [6.07, 6.45) is 3.23. The average molecular weight is 287 g/mol. The van der Waals surface area contributed by atoms with E-state index in [1.807, 2.05) is 28.8 Å². The molecule has 1 aliphatic rings. The second kappa shape index (κ2) is 4.26. The van der Waals surface area contributed by atoms with E-state index in [0.29, 0.717) is 22.7 Å². The monoisotopic (exact) mass is 286 g/mol. The fourth-order valence-corrected chi connectivity index (χ4v) is 3.09. The van der Waals surface area contributed by atoms with Gasteiger partial charge in [0.15, 0.2) is 10.8 Å². The maximum Gasteiger partial charge on any atom is 0.165 e. The van der Waals surface area contributed by atoms with Crippen LogP contribution >= 0.6 is 11.6 Å². The quantitative estimate of drug-likeness (QED) is 0.695. The Morgan fingerprint density at radius 1 is 1.20 bits per heavy atom. The number of hydrogen-bond donors (Lipinski definition) is 1. The van der Waals surface area contributed by atoms with Gasteiger partial charge < -0.3 is 9.67 Å². The lowest BCUT2D eigenvalue weighted by molar-refractivity contribution is 0.145. The van der Waals surface area contributed by atoms with Gasteiger partial charge in [0.05, 0.1) is 18.5 Å². The van der Waals surface area contributed by atoms with Crippen LogP contribution in [0.3, 0.4) is 0 Å². The normalized spacial score (nSPS) is 21.3. The van der Waals surface area contributed by atoms with Crippen LogP contribution in [0.2, 0.25) is 5.15 Å². The highest BCUT2D eigenvalue weighted by Crippen LogP contribution is 2.36. The van der Waals surface area contributed by atoms with Crippen molar-refractivity contribution in [2.75, 3.05) is 0 Å². The summed E-state index contributed by atoms with van der Waals surface area (Å²) >= 11 is 6.02. The van der Waals surface area contributed by atoms with E-state index < -0.39 is 6.10 Å². The summed E-state index contributed by atoms with van der Waals surface area (Å²) in [4.78, 5) is 12.4. The van der Waals surface area contributed by atoms with E-state index in [1.54, 1.807) is 6.33 Å². The van der Waals surface area contributed by atoms with Crippen LogP contribution in [0.1, 0.15) is 17.2 Å². The molecule has 0 unspecified atom stereocenters. The third-order valence-corrected chi connectivity index (χ3v) is 4.06. The van der Waals surface area contributed by atoms with Crippen LogP contribution in [0.4, 0.5) is 0 Å². The Kier molecular flexibility index (Phi) is 2.52. The summed E-state index contributed by atoms with van der Waals surface area (Å²) in [6, 6.07) is 7.86. The van der Waals surface area contributed by atoms with Crippen LogP contribution in [0.15, 0.2) is 36.9 Å². The lowest BCUT2D eigenvalue weighted by Gasteiger charge is -2.18. The van der Waals surface area contributed by atoms with Crippen LogP contribution < -0.4 is 0 Å². The Labute approximate surface area is 119 Å². The standard InChI is InChI=1S/C14H11ClN4O/c15-13-11-14(17-6-16-13)19(7-18-11)12-9-4-2-1-3-8(9)5-10(12)20/h1-4,6-7,10,12,20H,5H2/t10-,12+/m1/s1. The zero-order chi connectivity index (χ0) is 13.7. The van der Waals surface area contributed by atoms with Crippen molar-refractivity contribution in [3.8, 4) is 0 Å². The van der Waals surface area contributed by atoms with Gasteiger partial charge in [-0.3, -0.25) is 0 Å². The number of halogens is 1. The van der Waals surface area contributed by atoms with Gasteiger partial charge in [-0.15, -0.1) is 0 Å². The van der Waals surface area contributed by atoms with Crippen molar-refractivity contribution in [2.45, 2.75) is 18.6 Å². The van der Waals surface area contributed by atoms with Crippen molar-refractivity contribution >= 4 is 22.8 Å². The van der Waals surface area contributed by atoms with Crippen molar-refractivity contribution in [3.63, 3.8) is 0 Å². The lowest BCUT2D eigenvalue weighted by Crippen LogP contribution is -2.20. The third-order valence-electron chi connectivity index (χ3n) is 3.78. The molecule has 0 aliphatic heterocycles. The average Bonchev–Trinajstić information content (AvgIpc) is 2.99. The number of rotatable bonds is 1. The molecule has 2 aromatic heterocycles. The number of hydrogen-bond acceptors (Lipinski definition) is 4. The molecule has 0 radical (unpaired) electrons. The number of aliphatic hydroxyl groups excluding tert-OH is 1. The number of aromatic nitrogens is 4. The lowest BCUT2D eigenvalue weighted by atomic mass is 10.1. The molecule has 20 heavy (non-hydrogen) atoms. The second-order valence-electron chi connectivity index (χ2n) is 4.90. The largest absolute Gasteiger partial charge is 0.390 e. The Bertz CT molecular complexity index is 801. The summed E-state index contributed by atoms with van der Waals surface area (Å²) in [5.41, 5.74) is 3.47. The van der Waals surface area contributed by atoms with Crippen molar-refractivity contribution in [1.82, 2.24) is 19.5 Å². The zero-order valence-corrected chi connectivity index (χ0v) is 11.2. The predicted octanol–water partition coefficient (Wildman–Crippen LogP) is 1.99. The molecule has 5 nitrogen and oxygen atoms in total. The van der Waals surface area contributed by atoms with Crippen LogP contribution in [-0.2, 0) is 6.42 Å². The van der Waals surface area contributed by atoms with Gasteiger partial charge in [-0.05, 0) is 11.1 Å². The van der Waals surface area contributed by atoms with Gasteiger partial charge in [0.25, 0.3) is 0 Å². The molecule has 100 valence electrons. The Hall–Kier alpha value is -1.98. The minimum Gasteiger partial charge on any atom is -0.390 e.